The normalized spacial score (nSPS) is 16.1. The summed E-state index contributed by atoms with van der Waals surface area (Å²) in [7, 11) is -3.76. The number of nitrogens with zero attached hydrogens (tertiary/aromatic N) is 1. The van der Waals surface area contributed by atoms with E-state index in [1.807, 2.05) is 26.0 Å². The highest BCUT2D eigenvalue weighted by atomic mass is 32.2. The molecule has 0 spiro atoms. The van der Waals surface area contributed by atoms with E-state index in [4.69, 9.17) is 14.7 Å². The molecule has 2 heterocycles. The van der Waals surface area contributed by atoms with Crippen LogP contribution in [0.5, 0.6) is 5.75 Å². The van der Waals surface area contributed by atoms with Crippen LogP contribution in [0.4, 0.5) is 0 Å². The second kappa shape index (κ2) is 9.11. The van der Waals surface area contributed by atoms with E-state index in [0.29, 0.717) is 12.4 Å². The van der Waals surface area contributed by atoms with Gasteiger partial charge in [0.05, 0.1) is 16.1 Å². The first-order valence-corrected chi connectivity index (χ1v) is 11.3. The molecule has 162 valence electrons. The van der Waals surface area contributed by atoms with Gasteiger partial charge in [-0.25, -0.2) is 13.9 Å². The number of aromatic nitrogens is 1. The van der Waals surface area contributed by atoms with Crippen molar-refractivity contribution in [2.75, 3.05) is 19.0 Å². The summed E-state index contributed by atoms with van der Waals surface area (Å²) in [5.41, 5.74) is 3.20. The van der Waals surface area contributed by atoms with Crippen molar-refractivity contribution in [3.63, 3.8) is 0 Å². The fourth-order valence-corrected chi connectivity index (χ4v) is 5.54. The lowest BCUT2D eigenvalue weighted by atomic mass is 9.81. The Morgan fingerprint density at radius 3 is 2.33 bits per heavy atom. The maximum atomic E-state index is 12.9. The van der Waals surface area contributed by atoms with Crippen LogP contribution < -0.4 is 10.2 Å². The zero-order valence-electron chi connectivity index (χ0n) is 17.1. The third-order valence-electron chi connectivity index (χ3n) is 5.23. The smallest absolute Gasteiger partial charge is 0.250 e. The molecule has 30 heavy (non-hydrogen) atoms. The Morgan fingerprint density at radius 2 is 1.77 bits per heavy atom. The van der Waals surface area contributed by atoms with Crippen LogP contribution in [-0.2, 0) is 26.0 Å². The van der Waals surface area contributed by atoms with Gasteiger partial charge in [-0.2, -0.15) is 0 Å². The lowest BCUT2D eigenvalue weighted by Gasteiger charge is -2.34. The van der Waals surface area contributed by atoms with Crippen molar-refractivity contribution >= 4 is 15.7 Å². The summed E-state index contributed by atoms with van der Waals surface area (Å²) in [6.07, 6.45) is 0.454. The molecule has 0 saturated carbocycles. The summed E-state index contributed by atoms with van der Waals surface area (Å²) < 4.78 is 36.9. The molecule has 3 rings (SSSR count). The number of carbonyl (C=O) groups is 1. The van der Waals surface area contributed by atoms with Gasteiger partial charge in [-0.15, -0.1) is 0 Å². The summed E-state index contributed by atoms with van der Waals surface area (Å²) in [6.45, 7) is 4.71. The second-order valence-electron chi connectivity index (χ2n) is 7.61. The van der Waals surface area contributed by atoms with E-state index < -0.39 is 26.9 Å². The van der Waals surface area contributed by atoms with Crippen molar-refractivity contribution in [2.24, 2.45) is 5.41 Å². The SMILES string of the molecule is Cc1cc(COc2ccc(S(=O)(=O)CC3(C(=O)NO)CCOCC3)cc2)cc(C)n1. The van der Waals surface area contributed by atoms with Crippen LogP contribution in [0, 0.1) is 19.3 Å². The van der Waals surface area contributed by atoms with E-state index in [1.54, 1.807) is 17.6 Å². The summed E-state index contributed by atoms with van der Waals surface area (Å²) in [5.74, 6) is -0.557. The summed E-state index contributed by atoms with van der Waals surface area (Å²) in [5, 5.41) is 9.09. The monoisotopic (exact) mass is 434 g/mol. The van der Waals surface area contributed by atoms with Crippen LogP contribution in [0.15, 0.2) is 41.3 Å². The van der Waals surface area contributed by atoms with Crippen LogP contribution in [0.3, 0.4) is 0 Å². The number of pyridine rings is 1. The van der Waals surface area contributed by atoms with Crippen LogP contribution in [-0.4, -0.2) is 43.5 Å². The molecule has 0 bridgehead atoms. The largest absolute Gasteiger partial charge is 0.489 e. The van der Waals surface area contributed by atoms with E-state index in [2.05, 4.69) is 4.98 Å². The zero-order valence-corrected chi connectivity index (χ0v) is 17.9. The number of carbonyl (C=O) groups excluding carboxylic acids is 1. The van der Waals surface area contributed by atoms with E-state index in [0.717, 1.165) is 17.0 Å². The molecule has 9 heteroatoms. The Morgan fingerprint density at radius 1 is 1.17 bits per heavy atom. The molecule has 0 unspecified atom stereocenters. The van der Waals surface area contributed by atoms with Gasteiger partial charge in [-0.05, 0) is 68.7 Å². The predicted octanol–water partition coefficient (Wildman–Crippen LogP) is 2.35. The minimum absolute atomic E-state index is 0.0991. The van der Waals surface area contributed by atoms with Crippen molar-refractivity contribution in [2.45, 2.75) is 38.2 Å². The molecular weight excluding hydrogens is 408 g/mol. The lowest BCUT2D eigenvalue weighted by Crippen LogP contribution is -2.47. The zero-order chi connectivity index (χ0) is 21.8. The molecule has 1 aromatic carbocycles. The number of amides is 1. The van der Waals surface area contributed by atoms with Crippen molar-refractivity contribution in [3.8, 4) is 5.75 Å². The van der Waals surface area contributed by atoms with Gasteiger partial charge in [-0.3, -0.25) is 15.0 Å². The van der Waals surface area contributed by atoms with Gasteiger partial charge >= 0.3 is 0 Å². The van der Waals surface area contributed by atoms with E-state index in [1.165, 1.54) is 12.1 Å². The van der Waals surface area contributed by atoms with Gasteiger partial charge in [0, 0.05) is 24.6 Å². The van der Waals surface area contributed by atoms with E-state index >= 15 is 0 Å². The molecule has 1 fully saturated rings. The van der Waals surface area contributed by atoms with Gasteiger partial charge in [0.25, 0.3) is 5.91 Å². The molecule has 1 aromatic heterocycles. The Bertz CT molecular complexity index is 978. The van der Waals surface area contributed by atoms with Gasteiger partial charge in [-0.1, -0.05) is 0 Å². The molecule has 2 N–H and O–H groups in total. The maximum absolute atomic E-state index is 12.9. The minimum atomic E-state index is -3.76. The van der Waals surface area contributed by atoms with Crippen LogP contribution in [0.1, 0.15) is 29.8 Å². The summed E-state index contributed by atoms with van der Waals surface area (Å²) in [6, 6.07) is 10.00. The lowest BCUT2D eigenvalue weighted by molar-refractivity contribution is -0.143. The summed E-state index contributed by atoms with van der Waals surface area (Å²) in [4.78, 5) is 16.6. The highest BCUT2D eigenvalue weighted by Gasteiger charge is 2.44. The number of rotatable bonds is 7. The second-order valence-corrected chi connectivity index (χ2v) is 9.60. The molecule has 1 aliphatic rings. The number of sulfone groups is 1. The molecule has 1 amide bonds. The molecule has 8 nitrogen and oxygen atoms in total. The molecular formula is C21H26N2O6S. The first-order chi connectivity index (χ1) is 14.2. The number of ether oxygens (including phenoxy) is 2. The Hall–Kier alpha value is -2.49. The fourth-order valence-electron chi connectivity index (χ4n) is 3.68. The number of benzene rings is 1. The number of nitrogens with one attached hydrogen (secondary N) is 1. The Labute approximate surface area is 176 Å². The van der Waals surface area contributed by atoms with E-state index in [-0.39, 0.29) is 31.0 Å². The molecule has 2 aromatic rings. The Kier molecular flexibility index (Phi) is 6.74. The molecule has 0 atom stereocenters. The quantitative estimate of drug-likeness (QED) is 0.508. The predicted molar refractivity (Wildman–Crippen MR) is 109 cm³/mol. The van der Waals surface area contributed by atoms with Gasteiger partial charge < -0.3 is 9.47 Å². The fraction of sp³-hybridized carbons (Fsp3) is 0.429. The highest BCUT2D eigenvalue weighted by molar-refractivity contribution is 7.91. The van der Waals surface area contributed by atoms with Crippen LogP contribution in [0.2, 0.25) is 0 Å². The number of hydroxylamine groups is 1. The summed E-state index contributed by atoms with van der Waals surface area (Å²) >= 11 is 0. The average Bonchev–Trinajstić information content (AvgIpc) is 2.71. The van der Waals surface area contributed by atoms with Crippen molar-refractivity contribution in [3.05, 3.63) is 53.3 Å². The van der Waals surface area contributed by atoms with Crippen LogP contribution >= 0.6 is 0 Å². The van der Waals surface area contributed by atoms with Crippen molar-refractivity contribution < 1.29 is 27.9 Å². The molecule has 0 radical (unpaired) electrons. The van der Waals surface area contributed by atoms with Gasteiger partial charge in [0.1, 0.15) is 12.4 Å². The number of hydrogen-bond donors (Lipinski definition) is 2. The van der Waals surface area contributed by atoms with Crippen LogP contribution in [0.25, 0.3) is 0 Å². The topological polar surface area (TPSA) is 115 Å². The third-order valence-corrected chi connectivity index (χ3v) is 7.15. The third kappa shape index (κ3) is 5.16. The van der Waals surface area contributed by atoms with Crippen molar-refractivity contribution in [1.82, 2.24) is 10.5 Å². The standard InChI is InChI=1S/C21H26N2O6S/c1-15-11-17(12-16(2)22-15)13-29-18-3-5-19(6-4-18)30(26,27)14-21(20(24)23-25)7-9-28-10-8-21/h3-6,11-12,25H,7-10,13-14H2,1-2H3,(H,23,24). The highest BCUT2D eigenvalue weighted by Crippen LogP contribution is 2.34. The first-order valence-electron chi connectivity index (χ1n) is 9.66. The van der Waals surface area contributed by atoms with Crippen molar-refractivity contribution in [1.29, 1.82) is 0 Å². The number of aryl methyl sites for hydroxylation is 2. The van der Waals surface area contributed by atoms with Gasteiger partial charge in [0.15, 0.2) is 9.84 Å². The maximum Gasteiger partial charge on any atom is 0.250 e. The molecule has 1 saturated heterocycles. The van der Waals surface area contributed by atoms with Gasteiger partial charge in [0.2, 0.25) is 0 Å². The molecule has 0 aliphatic carbocycles. The Balaban J connectivity index is 1.71. The van der Waals surface area contributed by atoms with E-state index in [9.17, 15) is 13.2 Å². The minimum Gasteiger partial charge on any atom is -0.489 e. The first kappa shape index (κ1) is 22.2. The molecule has 1 aliphatic heterocycles. The average molecular weight is 435 g/mol. The number of hydrogen-bond acceptors (Lipinski definition) is 7.